The molecule has 0 aliphatic carbocycles. The maximum atomic E-state index is 11.6. The van der Waals surface area contributed by atoms with Crippen LogP contribution in [0.15, 0.2) is 24.3 Å². The second kappa shape index (κ2) is 5.23. The zero-order valence-corrected chi connectivity index (χ0v) is 10.6. The lowest BCUT2D eigenvalue weighted by Crippen LogP contribution is -2.12. The van der Waals surface area contributed by atoms with Gasteiger partial charge in [0.15, 0.2) is 6.61 Å². The zero-order valence-electron chi connectivity index (χ0n) is 9.83. The standard InChI is InChI=1S/C13H12ClNO3/c1-8-10(6-13(17)18-7-12(14)16)9-4-2-3-5-11(9)15-8/h2-5,15H,6-7H2,1H3. The first kappa shape index (κ1) is 12.6. The molecule has 0 atom stereocenters. The molecule has 0 radical (unpaired) electrons. The van der Waals surface area contributed by atoms with E-state index in [1.165, 1.54) is 0 Å². The van der Waals surface area contributed by atoms with Crippen LogP contribution in [0.25, 0.3) is 10.9 Å². The molecular formula is C13H12ClNO3. The molecule has 0 spiro atoms. The Labute approximate surface area is 109 Å². The molecule has 0 saturated heterocycles. The topological polar surface area (TPSA) is 59.2 Å². The van der Waals surface area contributed by atoms with Crippen LogP contribution in [0.2, 0.25) is 0 Å². The predicted molar refractivity (Wildman–Crippen MR) is 68.6 cm³/mol. The predicted octanol–water partition coefficient (Wildman–Crippen LogP) is 2.33. The lowest BCUT2D eigenvalue weighted by Gasteiger charge is -2.02. The van der Waals surface area contributed by atoms with Gasteiger partial charge in [-0.25, -0.2) is 0 Å². The Balaban J connectivity index is 2.18. The number of ether oxygens (including phenoxy) is 1. The summed E-state index contributed by atoms with van der Waals surface area (Å²) in [6.45, 7) is 1.51. The molecule has 0 amide bonds. The number of fused-ring (bicyclic) bond motifs is 1. The van der Waals surface area contributed by atoms with Crippen molar-refractivity contribution in [1.82, 2.24) is 4.98 Å². The van der Waals surface area contributed by atoms with Gasteiger partial charge in [-0.05, 0) is 30.2 Å². The van der Waals surface area contributed by atoms with E-state index < -0.39 is 11.2 Å². The van der Waals surface area contributed by atoms with Crippen LogP contribution in [0.5, 0.6) is 0 Å². The average Bonchev–Trinajstić information content (AvgIpc) is 2.64. The molecule has 5 heteroatoms. The van der Waals surface area contributed by atoms with Gasteiger partial charge >= 0.3 is 5.97 Å². The maximum Gasteiger partial charge on any atom is 0.310 e. The molecule has 94 valence electrons. The summed E-state index contributed by atoms with van der Waals surface area (Å²) in [4.78, 5) is 25.3. The summed E-state index contributed by atoms with van der Waals surface area (Å²) in [6.07, 6.45) is 0.125. The number of hydrogen-bond donors (Lipinski definition) is 1. The molecule has 0 fully saturated rings. The molecule has 2 aromatic rings. The summed E-state index contributed by atoms with van der Waals surface area (Å²) in [7, 11) is 0. The highest BCUT2D eigenvalue weighted by molar-refractivity contribution is 6.64. The molecule has 4 nitrogen and oxygen atoms in total. The Hall–Kier alpha value is -1.81. The molecule has 1 aromatic carbocycles. The van der Waals surface area contributed by atoms with Gasteiger partial charge in [0, 0.05) is 16.6 Å². The van der Waals surface area contributed by atoms with Crippen LogP contribution < -0.4 is 0 Å². The van der Waals surface area contributed by atoms with Gasteiger partial charge in [0.1, 0.15) is 0 Å². The third-order valence-electron chi connectivity index (χ3n) is 2.69. The molecule has 1 N–H and O–H groups in total. The first-order valence-electron chi connectivity index (χ1n) is 5.48. The molecule has 1 heterocycles. The van der Waals surface area contributed by atoms with Crippen molar-refractivity contribution in [3.8, 4) is 0 Å². The third-order valence-corrected chi connectivity index (χ3v) is 2.80. The highest BCUT2D eigenvalue weighted by atomic mass is 35.5. The third kappa shape index (κ3) is 2.71. The Morgan fingerprint density at radius 1 is 1.33 bits per heavy atom. The Kier molecular flexibility index (Phi) is 3.67. The molecule has 0 aliphatic rings. The minimum absolute atomic E-state index is 0.125. The van der Waals surface area contributed by atoms with E-state index in [9.17, 15) is 9.59 Å². The number of H-pyrrole nitrogens is 1. The molecule has 0 unspecified atom stereocenters. The SMILES string of the molecule is Cc1[nH]c2ccccc2c1CC(=O)OCC(=O)Cl. The van der Waals surface area contributed by atoms with E-state index in [1.807, 2.05) is 31.2 Å². The van der Waals surface area contributed by atoms with Crippen LogP contribution in [-0.2, 0) is 20.7 Å². The zero-order chi connectivity index (χ0) is 13.1. The number of hydrogen-bond acceptors (Lipinski definition) is 3. The van der Waals surface area contributed by atoms with Gasteiger partial charge < -0.3 is 9.72 Å². The molecular weight excluding hydrogens is 254 g/mol. The van der Waals surface area contributed by atoms with Gasteiger partial charge in [-0.3, -0.25) is 9.59 Å². The van der Waals surface area contributed by atoms with Gasteiger partial charge in [-0.2, -0.15) is 0 Å². The van der Waals surface area contributed by atoms with Crippen LogP contribution in [0.3, 0.4) is 0 Å². The first-order chi connectivity index (χ1) is 8.58. The fraction of sp³-hybridized carbons (Fsp3) is 0.231. The lowest BCUT2D eigenvalue weighted by molar-refractivity contribution is -0.145. The number of halogens is 1. The van der Waals surface area contributed by atoms with E-state index in [-0.39, 0.29) is 13.0 Å². The minimum atomic E-state index is -0.681. The summed E-state index contributed by atoms with van der Waals surface area (Å²) in [5.41, 5.74) is 2.79. The number of carbonyl (C=O) groups excluding carboxylic acids is 2. The molecule has 0 aliphatic heterocycles. The summed E-state index contributed by atoms with van der Waals surface area (Å²) >= 11 is 5.11. The van der Waals surface area contributed by atoms with Crippen molar-refractivity contribution in [2.45, 2.75) is 13.3 Å². The molecule has 18 heavy (non-hydrogen) atoms. The average molecular weight is 266 g/mol. The number of carbonyl (C=O) groups is 2. The normalized spacial score (nSPS) is 10.6. The van der Waals surface area contributed by atoms with Crippen molar-refractivity contribution in [2.75, 3.05) is 6.61 Å². The van der Waals surface area contributed by atoms with E-state index in [0.717, 1.165) is 22.2 Å². The van der Waals surface area contributed by atoms with Gasteiger partial charge in [0.25, 0.3) is 5.24 Å². The van der Waals surface area contributed by atoms with Crippen molar-refractivity contribution in [2.24, 2.45) is 0 Å². The number of esters is 1. The number of aryl methyl sites for hydroxylation is 1. The smallest absolute Gasteiger partial charge is 0.310 e. The number of rotatable bonds is 4. The monoisotopic (exact) mass is 265 g/mol. The fourth-order valence-corrected chi connectivity index (χ4v) is 1.95. The number of para-hydroxylation sites is 1. The van der Waals surface area contributed by atoms with Gasteiger partial charge in [0.2, 0.25) is 0 Å². The largest absolute Gasteiger partial charge is 0.456 e. The van der Waals surface area contributed by atoms with Crippen LogP contribution in [0.4, 0.5) is 0 Å². The van der Waals surface area contributed by atoms with E-state index >= 15 is 0 Å². The summed E-state index contributed by atoms with van der Waals surface area (Å²) in [5, 5.41) is 0.308. The highest BCUT2D eigenvalue weighted by Gasteiger charge is 2.13. The number of aromatic nitrogens is 1. The number of nitrogens with one attached hydrogen (secondary N) is 1. The maximum absolute atomic E-state index is 11.6. The molecule has 1 aromatic heterocycles. The number of aromatic amines is 1. The summed E-state index contributed by atoms with van der Waals surface area (Å²) in [6, 6.07) is 7.72. The Morgan fingerprint density at radius 2 is 2.06 bits per heavy atom. The van der Waals surface area contributed by atoms with Gasteiger partial charge in [0.05, 0.1) is 6.42 Å². The molecule has 0 bridgehead atoms. The fourth-order valence-electron chi connectivity index (χ4n) is 1.90. The van der Waals surface area contributed by atoms with Crippen molar-refractivity contribution >= 4 is 33.7 Å². The van der Waals surface area contributed by atoms with Crippen LogP contribution >= 0.6 is 11.6 Å². The second-order valence-corrected chi connectivity index (χ2v) is 4.39. The highest BCUT2D eigenvalue weighted by Crippen LogP contribution is 2.22. The Morgan fingerprint density at radius 3 is 2.78 bits per heavy atom. The van der Waals surface area contributed by atoms with Crippen LogP contribution in [0.1, 0.15) is 11.3 Å². The van der Waals surface area contributed by atoms with E-state index in [1.54, 1.807) is 0 Å². The summed E-state index contributed by atoms with van der Waals surface area (Å²) in [5.74, 6) is -0.461. The van der Waals surface area contributed by atoms with Gasteiger partial charge in [-0.15, -0.1) is 0 Å². The second-order valence-electron chi connectivity index (χ2n) is 3.97. The van der Waals surface area contributed by atoms with Crippen molar-refractivity contribution < 1.29 is 14.3 Å². The number of benzene rings is 1. The van der Waals surface area contributed by atoms with Gasteiger partial charge in [-0.1, -0.05) is 18.2 Å². The van der Waals surface area contributed by atoms with E-state index in [2.05, 4.69) is 4.98 Å². The van der Waals surface area contributed by atoms with Crippen molar-refractivity contribution in [3.63, 3.8) is 0 Å². The minimum Gasteiger partial charge on any atom is -0.456 e. The lowest BCUT2D eigenvalue weighted by atomic mass is 10.1. The summed E-state index contributed by atoms with van der Waals surface area (Å²) < 4.78 is 4.75. The first-order valence-corrected chi connectivity index (χ1v) is 5.86. The van der Waals surface area contributed by atoms with E-state index in [4.69, 9.17) is 16.3 Å². The van der Waals surface area contributed by atoms with Crippen LogP contribution in [-0.4, -0.2) is 22.8 Å². The van der Waals surface area contributed by atoms with Crippen molar-refractivity contribution in [1.29, 1.82) is 0 Å². The van der Waals surface area contributed by atoms with E-state index in [0.29, 0.717) is 0 Å². The van der Waals surface area contributed by atoms with Crippen LogP contribution in [0, 0.1) is 6.92 Å². The molecule has 2 rings (SSSR count). The quantitative estimate of drug-likeness (QED) is 0.682. The Bertz CT molecular complexity index is 603. The van der Waals surface area contributed by atoms with Crippen molar-refractivity contribution in [3.05, 3.63) is 35.5 Å². The molecule has 0 saturated carbocycles.